The van der Waals surface area contributed by atoms with Crippen LogP contribution in [0.15, 0.2) is 0 Å². The third kappa shape index (κ3) is 46.9. The van der Waals surface area contributed by atoms with Crippen molar-refractivity contribution in [3.8, 4) is 0 Å². The van der Waals surface area contributed by atoms with E-state index < -0.39 is 314 Å². The highest BCUT2D eigenvalue weighted by Crippen LogP contribution is 3.54. The standard InChI is InChI=1S/H93P93/c1-48-72(49(2)3)84(73(50(4)5)51(6)7)90(85(74(52(8)9)53(10)11)75(54(12)13)55(14)15)93(91(86(76(56(16)17)57(18)19)77(58(20)21)59(22)23)87(78(60(24)25)61(26)27)79(62(28)29)63(30)31)92(88(80(64(32)33)65(34)35)81(66(36)37)67(38)39)89(82(68(40)41)69(42)43)83(70(44)45)71(46)47/h1-2,48H,3-47H2. The highest BCUT2D eigenvalue weighted by molar-refractivity contribution is 9.60. The monoisotopic (exact) mass is 2970 g/mol. The van der Waals surface area contributed by atoms with Crippen LogP contribution in [0.5, 0.6) is 0 Å². The minimum atomic E-state index is -0.607. The van der Waals surface area contributed by atoms with Crippen molar-refractivity contribution in [3.05, 3.63) is 0 Å². The summed E-state index contributed by atoms with van der Waals surface area (Å²) >= 11 is 0. The molecule has 0 N–H and O–H groups in total. The van der Waals surface area contributed by atoms with E-state index in [2.05, 4.69) is 402 Å². The molecular formula is H93P93. The highest BCUT2D eigenvalue weighted by Gasteiger charge is 2.67. The molecule has 2 radical (unpaired) electrons. The van der Waals surface area contributed by atoms with Crippen LogP contribution in [0, 0.1) is 0 Å². The van der Waals surface area contributed by atoms with E-state index in [4.69, 9.17) is 17.9 Å². The minimum Gasteiger partial charge on any atom is -0.102 e. The molecule has 0 aromatic rings. The SMILES string of the molecule is [PH]PP(P([PH])P)P(P(P(P)P)P(P)P)P(P(P(P(P)P)P(P)P)P(P(P)P)P(P)P)P(P(P(P(P(P)P)P(P)P)P(P(P)P)P(P)P)P(P(P(P)P)P(P)P)P(P(P)P)P(P)P)P(P(P(P(P)P)P(P)P)P(P(P)P)P(P)P)P(P(P(P)P)P(P)P)P(P(P)P)P(P)P. The first-order chi connectivity index (χ1) is 42.3. The van der Waals surface area contributed by atoms with E-state index in [1.54, 1.807) is 0 Å². The molecule has 0 spiro atoms. The average molecular weight is 2970 g/mol. The van der Waals surface area contributed by atoms with Gasteiger partial charge in [-0.2, -0.15) is 0 Å². The van der Waals surface area contributed by atoms with Crippen molar-refractivity contribution in [2.75, 3.05) is 0 Å². The van der Waals surface area contributed by atoms with E-state index in [1.807, 2.05) is 0 Å². The largest absolute Gasteiger partial charge is 0.102 e. The molecule has 0 nitrogen and oxygen atoms in total. The third-order valence-electron chi connectivity index (χ3n) is 8.22. The van der Waals surface area contributed by atoms with Crippen LogP contribution in [0.25, 0.3) is 0 Å². The zero-order chi connectivity index (χ0) is 73.7. The van der Waals surface area contributed by atoms with E-state index in [0.717, 1.165) is 7.96 Å². The van der Waals surface area contributed by atoms with Crippen LogP contribution in [-0.4, -0.2) is 0 Å². The Bertz CT molecular complexity index is 1510. The molecule has 0 amide bonds. The van der Waals surface area contributed by atoms with Gasteiger partial charge in [-0.3, -0.25) is 0 Å². The molecule has 0 saturated carbocycles. The van der Waals surface area contributed by atoms with E-state index in [9.17, 15) is 0 Å². The molecule has 93 heavy (non-hydrogen) atoms. The fourth-order valence-electron chi connectivity index (χ4n) is 5.68. The zero-order valence-corrected chi connectivity index (χ0v) is 143. The van der Waals surface area contributed by atoms with E-state index in [-0.39, 0.29) is 0 Å². The number of hydrogen-bond donors (Lipinski definition) is 0. The lowest BCUT2D eigenvalue weighted by Gasteiger charge is -2.63. The second-order valence-electron chi connectivity index (χ2n) is 14.7. The Morgan fingerprint density at radius 1 is 0.129 bits per heavy atom. The highest BCUT2D eigenvalue weighted by atomic mass is 33.7. The van der Waals surface area contributed by atoms with Crippen LogP contribution < -0.4 is 0 Å². The summed E-state index contributed by atoms with van der Waals surface area (Å²) in [6.45, 7) is -19.4. The summed E-state index contributed by atoms with van der Waals surface area (Å²) in [6.07, 6.45) is 0. The summed E-state index contributed by atoms with van der Waals surface area (Å²) in [5, 5.41) is 0. The van der Waals surface area contributed by atoms with Crippen molar-refractivity contribution in [2.24, 2.45) is 0 Å². The Morgan fingerprint density at radius 2 is 0.204 bits per heavy atom. The van der Waals surface area contributed by atoms with Crippen molar-refractivity contribution in [1.82, 2.24) is 0 Å². The summed E-state index contributed by atoms with van der Waals surface area (Å²) < 4.78 is 0. The van der Waals surface area contributed by atoms with E-state index >= 15 is 0 Å². The van der Waals surface area contributed by atoms with Crippen LogP contribution in [-0.2, 0) is 0 Å². The average Bonchev–Trinajstić information content (AvgIpc) is 3.33. The van der Waals surface area contributed by atoms with Gasteiger partial charge in [0, 0.05) is 0 Å². The topological polar surface area (TPSA) is 0 Å². The van der Waals surface area contributed by atoms with Crippen LogP contribution >= 0.6 is 742 Å². The van der Waals surface area contributed by atoms with Crippen molar-refractivity contribution in [1.29, 1.82) is 0 Å². The van der Waals surface area contributed by atoms with Crippen LogP contribution in [0.4, 0.5) is 0 Å². The van der Waals surface area contributed by atoms with Crippen molar-refractivity contribution in [2.45, 2.75) is 0 Å². The fraction of sp³-hybridized carbons (Fsp3) is 0. The number of hydrogen-bond acceptors (Lipinski definition) is 0. The van der Waals surface area contributed by atoms with Crippen molar-refractivity contribution < 1.29 is 0 Å². The lowest BCUT2D eigenvalue weighted by molar-refractivity contribution is 4.29. The Labute approximate surface area is 730 Å². The zero-order valence-electron chi connectivity index (χ0n) is 47.6. The Hall–Kier alpha value is 40.0. The van der Waals surface area contributed by atoms with Gasteiger partial charge in [-0.15, -0.1) is 402 Å². The summed E-state index contributed by atoms with van der Waals surface area (Å²) in [6, 6.07) is 0. The smallest absolute Gasteiger partial charge is 0.000000565 e. The van der Waals surface area contributed by atoms with Crippen LogP contribution in [0.2, 0.25) is 0 Å². The van der Waals surface area contributed by atoms with Gasteiger partial charge in [-0.1, -0.05) is 25.8 Å². The van der Waals surface area contributed by atoms with Gasteiger partial charge in [0.05, 0.1) is 0 Å². The maximum atomic E-state index is 4.95. The maximum Gasteiger partial charge on any atom is -0.000000565 e. The quantitative estimate of drug-likeness (QED) is 0.0533. The van der Waals surface area contributed by atoms with Gasteiger partial charge in [0.1, 0.15) is 0 Å². The van der Waals surface area contributed by atoms with E-state index in [1.165, 1.54) is 0 Å². The molecule has 0 aliphatic carbocycles. The first-order valence-electron chi connectivity index (χ1n) is 21.1. The predicted octanol–water partition coefficient (Wildman–Crippen LogP) is 55.2. The molecule has 0 fully saturated rings. The summed E-state index contributed by atoms with van der Waals surface area (Å²) in [5.74, 6) is 0. The molecule has 50 unspecified atom stereocenters. The minimum absolute atomic E-state index is 0.391. The summed E-state index contributed by atoms with van der Waals surface area (Å²) in [5.41, 5.74) is 0. The van der Waals surface area contributed by atoms with Gasteiger partial charge in [-0.25, -0.2) is 0 Å². The first-order valence-corrected chi connectivity index (χ1v) is 190. The second kappa shape index (κ2) is 73.1. The molecule has 0 heterocycles. The molecule has 0 aromatic heterocycles. The molecule has 0 aliphatic heterocycles. The predicted molar refractivity (Wildman–Crippen MR) is 773 cm³/mol. The van der Waals surface area contributed by atoms with Crippen molar-refractivity contribution in [3.63, 3.8) is 0 Å². The lowest BCUT2D eigenvalue weighted by Crippen LogP contribution is -1.76. The number of rotatable bonds is 45. The molecule has 0 rings (SSSR count). The summed E-state index contributed by atoms with van der Waals surface area (Å²) in [7, 11) is 180. The molecule has 0 saturated heterocycles. The fourth-order valence-corrected chi connectivity index (χ4v) is 1380. The normalized spacial score (nSPS) is 15.7. The van der Waals surface area contributed by atoms with Gasteiger partial charge in [0.25, 0.3) is 0 Å². The third-order valence-corrected chi connectivity index (χ3v) is 666. The molecule has 50 atom stereocenters. The molecular weight excluding hydrogens is 2880 g/mol. The van der Waals surface area contributed by atoms with Gasteiger partial charge in [0.2, 0.25) is 0 Å². The molecule has 0 bridgehead atoms. The Balaban J connectivity index is 14.1. The van der Waals surface area contributed by atoms with Gasteiger partial charge in [-0.05, 0) is 314 Å². The van der Waals surface area contributed by atoms with Gasteiger partial charge >= 0.3 is 0 Å². The Morgan fingerprint density at radius 3 is 0.280 bits per heavy atom. The van der Waals surface area contributed by atoms with Crippen LogP contribution in [0.3, 0.4) is 0 Å². The van der Waals surface area contributed by atoms with Gasteiger partial charge < -0.3 is 0 Å². The lowest BCUT2D eigenvalue weighted by atomic mass is 28.3. The van der Waals surface area contributed by atoms with Gasteiger partial charge in [0.15, 0.2) is 0 Å². The Kier molecular flexibility index (Phi) is 105. The van der Waals surface area contributed by atoms with Crippen LogP contribution in [0.1, 0.15) is 0 Å². The molecule has 0 aromatic carbocycles. The maximum absolute atomic E-state index is 4.95. The molecule has 0 aliphatic rings. The first kappa shape index (κ1) is 133. The molecule has 93 heteroatoms. The van der Waals surface area contributed by atoms with E-state index in [0.29, 0.717) is 0 Å². The summed E-state index contributed by atoms with van der Waals surface area (Å²) in [4.78, 5) is 0. The molecule has 558 valence electrons. The second-order valence-corrected chi connectivity index (χ2v) is 398. The van der Waals surface area contributed by atoms with Crippen molar-refractivity contribution >= 4 is 742 Å².